The molecule has 0 fully saturated rings. The number of nitro groups is 1. The Balaban J connectivity index is 4.54. The van der Waals surface area contributed by atoms with Crippen molar-refractivity contribution in [3.63, 3.8) is 0 Å². The minimum atomic E-state index is -0.811. The Morgan fingerprint density at radius 1 is 1.82 bits per heavy atom. The minimum Gasteiger partial charge on any atom is -0.258 e. The van der Waals surface area contributed by atoms with Gasteiger partial charge in [0, 0.05) is 5.33 Å². The number of nitrogens with zero attached hydrogens (tertiary/aromatic N) is 1. The Labute approximate surface area is 71.9 Å². The fraction of sp³-hybridized carbons (Fsp3) is 0.333. The van der Waals surface area contributed by atoms with Gasteiger partial charge in [0.25, 0.3) is 5.70 Å². The van der Waals surface area contributed by atoms with Crippen LogP contribution in [0.5, 0.6) is 0 Å². The number of halogens is 2. The molecule has 62 valence electrons. The highest BCUT2D eigenvalue weighted by Gasteiger charge is 2.14. The molecule has 0 saturated carbocycles. The molecule has 0 aliphatic carbocycles. The Kier molecular flexibility index (Phi) is 4.69. The SMILES string of the molecule is C/C=C(\C(F)=C/CBr)[N+](=O)[O-]. The summed E-state index contributed by atoms with van der Waals surface area (Å²) in [6, 6.07) is 0. The minimum absolute atomic E-state index is 0.268. The average Bonchev–Trinajstić information content (AvgIpc) is 1.88. The highest BCUT2D eigenvalue weighted by molar-refractivity contribution is 9.09. The number of allylic oxidation sites excluding steroid dienone is 3. The monoisotopic (exact) mass is 223 g/mol. The molecule has 0 aliphatic heterocycles. The van der Waals surface area contributed by atoms with Gasteiger partial charge >= 0.3 is 0 Å². The highest BCUT2D eigenvalue weighted by atomic mass is 79.9. The first-order valence-corrected chi connectivity index (χ1v) is 3.98. The molecule has 0 aromatic heterocycles. The van der Waals surface area contributed by atoms with Crippen molar-refractivity contribution in [2.75, 3.05) is 5.33 Å². The molecule has 0 bridgehead atoms. The van der Waals surface area contributed by atoms with Crippen molar-refractivity contribution in [3.05, 3.63) is 33.8 Å². The van der Waals surface area contributed by atoms with Gasteiger partial charge in [-0.3, -0.25) is 10.1 Å². The molecule has 0 heterocycles. The van der Waals surface area contributed by atoms with Crippen LogP contribution >= 0.6 is 15.9 Å². The molecular formula is C6H7BrFNO2. The van der Waals surface area contributed by atoms with Gasteiger partial charge in [0.1, 0.15) is 0 Å². The van der Waals surface area contributed by atoms with E-state index in [1.54, 1.807) is 0 Å². The summed E-state index contributed by atoms with van der Waals surface area (Å²) in [5.41, 5.74) is -0.496. The van der Waals surface area contributed by atoms with Gasteiger partial charge in [-0.2, -0.15) is 4.39 Å². The van der Waals surface area contributed by atoms with E-state index in [1.807, 2.05) is 0 Å². The van der Waals surface area contributed by atoms with Crippen molar-refractivity contribution in [2.24, 2.45) is 0 Å². The number of alkyl halides is 1. The summed E-state index contributed by atoms with van der Waals surface area (Å²) in [5.74, 6) is -0.811. The fourth-order valence-corrected chi connectivity index (χ4v) is 0.787. The molecule has 0 rings (SSSR count). The third kappa shape index (κ3) is 3.27. The highest BCUT2D eigenvalue weighted by Crippen LogP contribution is 2.11. The van der Waals surface area contributed by atoms with Crippen molar-refractivity contribution in [3.8, 4) is 0 Å². The van der Waals surface area contributed by atoms with Crippen molar-refractivity contribution in [1.29, 1.82) is 0 Å². The number of hydrogen-bond donors (Lipinski definition) is 0. The topological polar surface area (TPSA) is 43.1 Å². The Morgan fingerprint density at radius 3 is 2.64 bits per heavy atom. The summed E-state index contributed by atoms with van der Waals surface area (Å²) in [4.78, 5) is 9.33. The van der Waals surface area contributed by atoms with Crippen LogP contribution in [0.25, 0.3) is 0 Å². The van der Waals surface area contributed by atoms with Crippen LogP contribution < -0.4 is 0 Å². The first-order chi connectivity index (χ1) is 5.13. The molecule has 0 atom stereocenters. The summed E-state index contributed by atoms with van der Waals surface area (Å²) < 4.78 is 12.6. The van der Waals surface area contributed by atoms with E-state index in [4.69, 9.17) is 0 Å². The predicted molar refractivity (Wildman–Crippen MR) is 43.7 cm³/mol. The van der Waals surface area contributed by atoms with Gasteiger partial charge in [-0.05, 0) is 19.1 Å². The Morgan fingerprint density at radius 2 is 2.36 bits per heavy atom. The molecule has 0 unspecified atom stereocenters. The van der Waals surface area contributed by atoms with Crippen molar-refractivity contribution < 1.29 is 9.31 Å². The summed E-state index contributed by atoms with van der Waals surface area (Å²) in [6.45, 7) is 1.42. The Bertz CT molecular complexity index is 213. The van der Waals surface area contributed by atoms with Gasteiger partial charge in [-0.15, -0.1) is 0 Å². The summed E-state index contributed by atoms with van der Waals surface area (Å²) >= 11 is 2.93. The van der Waals surface area contributed by atoms with Crippen LogP contribution in [-0.4, -0.2) is 10.3 Å². The lowest BCUT2D eigenvalue weighted by Gasteiger charge is -1.91. The van der Waals surface area contributed by atoms with Gasteiger partial charge in [0.15, 0.2) is 5.83 Å². The second-order valence-electron chi connectivity index (χ2n) is 1.64. The third-order valence-corrected chi connectivity index (χ3v) is 1.29. The van der Waals surface area contributed by atoms with Crippen LogP contribution in [0.4, 0.5) is 4.39 Å². The lowest BCUT2D eigenvalue weighted by atomic mass is 10.3. The van der Waals surface area contributed by atoms with Crippen LogP contribution in [0.3, 0.4) is 0 Å². The first-order valence-electron chi connectivity index (χ1n) is 2.86. The molecule has 0 aliphatic rings. The van der Waals surface area contributed by atoms with Gasteiger partial charge in [0.2, 0.25) is 0 Å². The van der Waals surface area contributed by atoms with E-state index >= 15 is 0 Å². The molecule has 0 saturated heterocycles. The smallest absolute Gasteiger partial charge is 0.258 e. The third-order valence-electron chi connectivity index (χ3n) is 0.971. The fourth-order valence-electron chi connectivity index (χ4n) is 0.503. The van der Waals surface area contributed by atoms with Crippen LogP contribution in [0.15, 0.2) is 23.7 Å². The molecule has 5 heteroatoms. The van der Waals surface area contributed by atoms with Gasteiger partial charge in [-0.25, -0.2) is 0 Å². The van der Waals surface area contributed by atoms with Crippen molar-refractivity contribution in [2.45, 2.75) is 6.92 Å². The van der Waals surface area contributed by atoms with E-state index in [1.165, 1.54) is 6.92 Å². The zero-order valence-electron chi connectivity index (χ0n) is 5.88. The largest absolute Gasteiger partial charge is 0.300 e. The average molecular weight is 224 g/mol. The normalized spacial score (nSPS) is 13.4. The van der Waals surface area contributed by atoms with Crippen LogP contribution in [-0.2, 0) is 0 Å². The maximum atomic E-state index is 12.6. The van der Waals surface area contributed by atoms with Gasteiger partial charge in [-0.1, -0.05) is 15.9 Å². The zero-order valence-corrected chi connectivity index (χ0v) is 7.47. The molecular weight excluding hydrogens is 217 g/mol. The number of rotatable bonds is 3. The van der Waals surface area contributed by atoms with Crippen LogP contribution in [0.1, 0.15) is 6.92 Å². The van der Waals surface area contributed by atoms with E-state index in [9.17, 15) is 14.5 Å². The van der Waals surface area contributed by atoms with Crippen molar-refractivity contribution in [1.82, 2.24) is 0 Å². The lowest BCUT2D eigenvalue weighted by molar-refractivity contribution is -0.422. The van der Waals surface area contributed by atoms with Crippen molar-refractivity contribution >= 4 is 15.9 Å². The van der Waals surface area contributed by atoms with E-state index < -0.39 is 16.4 Å². The van der Waals surface area contributed by atoms with Gasteiger partial charge < -0.3 is 0 Å². The maximum Gasteiger partial charge on any atom is 0.300 e. The van der Waals surface area contributed by atoms with Crippen LogP contribution in [0.2, 0.25) is 0 Å². The lowest BCUT2D eigenvalue weighted by Crippen LogP contribution is -1.98. The van der Waals surface area contributed by atoms with E-state index in [0.29, 0.717) is 0 Å². The van der Waals surface area contributed by atoms with E-state index in [-0.39, 0.29) is 5.33 Å². The summed E-state index contributed by atoms with van der Waals surface area (Å²) in [5, 5.41) is 10.4. The molecule has 0 aromatic rings. The predicted octanol–water partition coefficient (Wildman–Crippen LogP) is 2.42. The molecule has 11 heavy (non-hydrogen) atoms. The quantitative estimate of drug-likeness (QED) is 0.319. The molecule has 3 nitrogen and oxygen atoms in total. The standard InChI is InChI=1S/C6H7BrFNO2/c1-2-6(9(10)11)5(8)3-4-7/h2-3H,4H2,1H3/b5-3+,6-2+. The summed E-state index contributed by atoms with van der Waals surface area (Å²) in [7, 11) is 0. The maximum absolute atomic E-state index is 12.6. The molecule has 0 N–H and O–H groups in total. The first kappa shape index (κ1) is 10.3. The Hall–Kier alpha value is -0.710. The molecule has 0 spiro atoms. The second kappa shape index (κ2) is 5.01. The van der Waals surface area contributed by atoms with Crippen LogP contribution in [0, 0.1) is 10.1 Å². The second-order valence-corrected chi connectivity index (χ2v) is 2.28. The zero-order chi connectivity index (χ0) is 8.85. The van der Waals surface area contributed by atoms with E-state index in [2.05, 4.69) is 15.9 Å². The molecule has 0 aromatic carbocycles. The number of hydrogen-bond acceptors (Lipinski definition) is 2. The van der Waals surface area contributed by atoms with E-state index in [0.717, 1.165) is 12.2 Å². The van der Waals surface area contributed by atoms with Gasteiger partial charge in [0.05, 0.1) is 4.92 Å². The molecule has 0 amide bonds. The molecule has 0 radical (unpaired) electrons. The summed E-state index contributed by atoms with van der Waals surface area (Å²) in [6.07, 6.45) is 2.21.